The van der Waals surface area contributed by atoms with Crippen LogP contribution in [-0.2, 0) is 0 Å². The minimum absolute atomic E-state index is 0.180. The van der Waals surface area contributed by atoms with E-state index in [9.17, 15) is 0 Å². The molecular weight excluding hydrogens is 224 g/mol. The maximum Gasteiger partial charge on any atom is 0.121 e. The average molecular weight is 237 g/mol. The highest BCUT2D eigenvalue weighted by atomic mass is 35.5. The molecule has 1 aliphatic rings. The Kier molecular flexibility index (Phi) is 3.33. The molecule has 0 saturated heterocycles. The van der Waals surface area contributed by atoms with Crippen LogP contribution in [0.4, 0.5) is 0 Å². The monoisotopic (exact) mass is 236 g/mol. The van der Waals surface area contributed by atoms with E-state index in [4.69, 9.17) is 27.3 Å². The SMILES string of the molecule is N#Cc1ccc(OC2CCC(N)C2)cc1Cl. The summed E-state index contributed by atoms with van der Waals surface area (Å²) in [6.45, 7) is 0. The van der Waals surface area contributed by atoms with Crippen LogP contribution in [0, 0.1) is 11.3 Å². The van der Waals surface area contributed by atoms with Crippen molar-refractivity contribution in [1.29, 1.82) is 5.26 Å². The topological polar surface area (TPSA) is 59.0 Å². The largest absolute Gasteiger partial charge is 0.490 e. The van der Waals surface area contributed by atoms with Crippen molar-refractivity contribution in [3.05, 3.63) is 28.8 Å². The molecule has 84 valence electrons. The van der Waals surface area contributed by atoms with Crippen LogP contribution in [0.25, 0.3) is 0 Å². The zero-order valence-corrected chi connectivity index (χ0v) is 9.57. The summed E-state index contributed by atoms with van der Waals surface area (Å²) in [5.41, 5.74) is 6.27. The third-order valence-corrected chi connectivity index (χ3v) is 3.10. The number of nitriles is 1. The average Bonchev–Trinajstić information content (AvgIpc) is 2.64. The van der Waals surface area contributed by atoms with Crippen molar-refractivity contribution in [1.82, 2.24) is 0 Å². The second kappa shape index (κ2) is 4.73. The first-order valence-corrected chi connectivity index (χ1v) is 5.68. The van der Waals surface area contributed by atoms with E-state index in [0.29, 0.717) is 16.3 Å². The summed E-state index contributed by atoms with van der Waals surface area (Å²) in [6.07, 6.45) is 3.06. The Hall–Kier alpha value is -1.24. The zero-order chi connectivity index (χ0) is 11.5. The summed E-state index contributed by atoms with van der Waals surface area (Å²) in [5, 5.41) is 9.17. The van der Waals surface area contributed by atoms with E-state index in [1.54, 1.807) is 18.2 Å². The van der Waals surface area contributed by atoms with Crippen molar-refractivity contribution in [2.75, 3.05) is 0 Å². The Morgan fingerprint density at radius 2 is 2.25 bits per heavy atom. The number of nitrogens with zero attached hydrogens (tertiary/aromatic N) is 1. The number of rotatable bonds is 2. The Balaban J connectivity index is 2.05. The highest BCUT2D eigenvalue weighted by Gasteiger charge is 2.23. The fourth-order valence-electron chi connectivity index (χ4n) is 1.93. The van der Waals surface area contributed by atoms with Gasteiger partial charge in [-0.2, -0.15) is 5.26 Å². The standard InChI is InChI=1S/C12H13ClN2O/c13-12-6-11(3-1-8(12)7-14)16-10-4-2-9(15)5-10/h1,3,6,9-10H,2,4-5,15H2. The molecule has 2 N–H and O–H groups in total. The zero-order valence-electron chi connectivity index (χ0n) is 8.82. The number of ether oxygens (including phenoxy) is 1. The number of hydrogen-bond donors (Lipinski definition) is 1. The van der Waals surface area contributed by atoms with Crippen molar-refractivity contribution in [3.8, 4) is 11.8 Å². The molecule has 1 aromatic carbocycles. The highest BCUT2D eigenvalue weighted by molar-refractivity contribution is 6.31. The minimum Gasteiger partial charge on any atom is -0.490 e. The summed E-state index contributed by atoms with van der Waals surface area (Å²) in [6, 6.07) is 7.39. The van der Waals surface area contributed by atoms with Crippen LogP contribution in [0.5, 0.6) is 5.75 Å². The lowest BCUT2D eigenvalue weighted by Gasteiger charge is -2.13. The molecule has 1 aromatic rings. The molecule has 0 heterocycles. The fourth-order valence-corrected chi connectivity index (χ4v) is 2.15. The van der Waals surface area contributed by atoms with Gasteiger partial charge in [-0.1, -0.05) is 11.6 Å². The third kappa shape index (κ3) is 2.46. The molecule has 2 rings (SSSR count). The predicted molar refractivity (Wildman–Crippen MR) is 62.4 cm³/mol. The van der Waals surface area contributed by atoms with Gasteiger partial charge in [-0.15, -0.1) is 0 Å². The molecule has 1 aliphatic carbocycles. The number of benzene rings is 1. The van der Waals surface area contributed by atoms with Crippen molar-refractivity contribution >= 4 is 11.6 Å². The van der Waals surface area contributed by atoms with Gasteiger partial charge in [0, 0.05) is 12.1 Å². The van der Waals surface area contributed by atoms with Crippen LogP contribution < -0.4 is 10.5 Å². The van der Waals surface area contributed by atoms with E-state index in [0.717, 1.165) is 19.3 Å². The normalized spacial score (nSPS) is 24.1. The molecule has 0 aliphatic heterocycles. The van der Waals surface area contributed by atoms with Crippen molar-refractivity contribution in [2.24, 2.45) is 5.73 Å². The molecule has 2 atom stereocenters. The second-order valence-corrected chi connectivity index (χ2v) is 4.47. The number of nitrogens with two attached hydrogens (primary N) is 1. The molecule has 4 heteroatoms. The lowest BCUT2D eigenvalue weighted by molar-refractivity contribution is 0.208. The third-order valence-electron chi connectivity index (χ3n) is 2.79. The summed E-state index contributed by atoms with van der Waals surface area (Å²) in [4.78, 5) is 0. The molecule has 0 spiro atoms. The smallest absolute Gasteiger partial charge is 0.121 e. The van der Waals surface area contributed by atoms with Gasteiger partial charge >= 0.3 is 0 Å². The predicted octanol–water partition coefficient (Wildman–Crippen LogP) is 2.47. The Labute approximate surface area is 99.8 Å². The van der Waals surface area contributed by atoms with Gasteiger partial charge < -0.3 is 10.5 Å². The van der Waals surface area contributed by atoms with Gasteiger partial charge in [0.2, 0.25) is 0 Å². The van der Waals surface area contributed by atoms with Crippen molar-refractivity contribution < 1.29 is 4.74 Å². The van der Waals surface area contributed by atoms with Gasteiger partial charge in [-0.25, -0.2) is 0 Å². The van der Waals surface area contributed by atoms with E-state index in [1.807, 2.05) is 6.07 Å². The second-order valence-electron chi connectivity index (χ2n) is 4.07. The van der Waals surface area contributed by atoms with Crippen molar-refractivity contribution in [2.45, 2.75) is 31.4 Å². The first kappa shape index (κ1) is 11.3. The first-order valence-electron chi connectivity index (χ1n) is 5.31. The molecule has 0 aromatic heterocycles. The molecule has 1 saturated carbocycles. The van der Waals surface area contributed by atoms with E-state index in [1.165, 1.54) is 0 Å². The summed E-state index contributed by atoms with van der Waals surface area (Å²) < 4.78 is 5.75. The van der Waals surface area contributed by atoms with Gasteiger partial charge in [-0.3, -0.25) is 0 Å². The Bertz CT molecular complexity index is 428. The molecular formula is C12H13ClN2O. The van der Waals surface area contributed by atoms with Gasteiger partial charge in [-0.05, 0) is 31.4 Å². The van der Waals surface area contributed by atoms with Crippen LogP contribution in [0.15, 0.2) is 18.2 Å². The molecule has 0 bridgehead atoms. The Morgan fingerprint density at radius 1 is 1.44 bits per heavy atom. The minimum atomic E-state index is 0.180. The van der Waals surface area contributed by atoms with E-state index < -0.39 is 0 Å². The number of halogens is 1. The quantitative estimate of drug-likeness (QED) is 0.858. The summed E-state index contributed by atoms with van der Waals surface area (Å²) in [5.74, 6) is 0.711. The maximum absolute atomic E-state index is 8.74. The van der Waals surface area contributed by atoms with Crippen LogP contribution in [0.1, 0.15) is 24.8 Å². The van der Waals surface area contributed by atoms with Crippen LogP contribution in [0.2, 0.25) is 5.02 Å². The van der Waals surface area contributed by atoms with Crippen molar-refractivity contribution in [3.63, 3.8) is 0 Å². The van der Waals surface area contributed by atoms with Gasteiger partial charge in [0.25, 0.3) is 0 Å². The van der Waals surface area contributed by atoms with E-state index in [-0.39, 0.29) is 12.1 Å². The number of hydrogen-bond acceptors (Lipinski definition) is 3. The lowest BCUT2D eigenvalue weighted by Crippen LogP contribution is -2.19. The molecule has 2 unspecified atom stereocenters. The Morgan fingerprint density at radius 3 is 2.81 bits per heavy atom. The molecule has 1 fully saturated rings. The molecule has 0 radical (unpaired) electrons. The lowest BCUT2D eigenvalue weighted by atomic mass is 10.2. The van der Waals surface area contributed by atoms with Crippen LogP contribution in [-0.4, -0.2) is 12.1 Å². The molecule has 0 amide bonds. The molecule has 16 heavy (non-hydrogen) atoms. The van der Waals surface area contributed by atoms with Crippen LogP contribution >= 0.6 is 11.6 Å². The van der Waals surface area contributed by atoms with Crippen LogP contribution in [0.3, 0.4) is 0 Å². The first-order chi connectivity index (χ1) is 7.69. The van der Waals surface area contributed by atoms with Gasteiger partial charge in [0.05, 0.1) is 10.6 Å². The summed E-state index contributed by atoms with van der Waals surface area (Å²) >= 11 is 5.92. The summed E-state index contributed by atoms with van der Waals surface area (Å²) in [7, 11) is 0. The molecule has 3 nitrogen and oxygen atoms in total. The highest BCUT2D eigenvalue weighted by Crippen LogP contribution is 2.27. The van der Waals surface area contributed by atoms with Gasteiger partial charge in [0.15, 0.2) is 0 Å². The van der Waals surface area contributed by atoms with Gasteiger partial charge in [0.1, 0.15) is 17.9 Å². The van der Waals surface area contributed by atoms with E-state index >= 15 is 0 Å². The fraction of sp³-hybridized carbons (Fsp3) is 0.417. The van der Waals surface area contributed by atoms with E-state index in [2.05, 4.69) is 0 Å². The maximum atomic E-state index is 8.74.